The summed E-state index contributed by atoms with van der Waals surface area (Å²) in [6.07, 6.45) is 0. The highest BCUT2D eigenvalue weighted by Gasteiger charge is 2.14. The molecule has 0 saturated heterocycles. The van der Waals surface area contributed by atoms with Crippen LogP contribution in [-0.2, 0) is 13.1 Å². The zero-order valence-corrected chi connectivity index (χ0v) is 13.8. The number of aromatic hydroxyl groups is 1. The van der Waals surface area contributed by atoms with Crippen molar-refractivity contribution in [1.29, 1.82) is 0 Å². The van der Waals surface area contributed by atoms with Crippen molar-refractivity contribution in [3.63, 3.8) is 0 Å². The second kappa shape index (κ2) is 7.12. The van der Waals surface area contributed by atoms with Crippen molar-refractivity contribution < 1.29 is 14.6 Å². The average molecular weight is 327 g/mol. The van der Waals surface area contributed by atoms with Gasteiger partial charge in [-0.1, -0.05) is 18.2 Å². The Balaban J connectivity index is 1.61. The van der Waals surface area contributed by atoms with E-state index in [4.69, 9.17) is 9.47 Å². The lowest BCUT2D eigenvalue weighted by atomic mass is 10.2. The van der Waals surface area contributed by atoms with E-state index >= 15 is 0 Å². The molecule has 2 N–H and O–H groups in total. The van der Waals surface area contributed by atoms with Crippen LogP contribution in [0.3, 0.4) is 0 Å². The van der Waals surface area contributed by atoms with Crippen LogP contribution in [0.2, 0.25) is 0 Å². The second-order valence-electron chi connectivity index (χ2n) is 5.61. The fraction of sp³-hybridized carbons (Fsp3) is 0.278. The van der Waals surface area contributed by atoms with Crippen molar-refractivity contribution in [2.24, 2.45) is 4.99 Å². The molecular formula is C18H21N3O3. The number of aliphatic imine (C=N–C) groups is 1. The minimum absolute atomic E-state index is 0.262. The van der Waals surface area contributed by atoms with Crippen molar-refractivity contribution in [3.8, 4) is 17.2 Å². The summed E-state index contributed by atoms with van der Waals surface area (Å²) in [7, 11) is 3.73. The van der Waals surface area contributed by atoms with Crippen LogP contribution in [0.25, 0.3) is 0 Å². The number of benzene rings is 2. The summed E-state index contributed by atoms with van der Waals surface area (Å²) in [5, 5.41) is 12.8. The Morgan fingerprint density at radius 2 is 2.00 bits per heavy atom. The van der Waals surface area contributed by atoms with Crippen LogP contribution in [0, 0.1) is 0 Å². The normalized spacial score (nSPS) is 13.0. The highest BCUT2D eigenvalue weighted by Crippen LogP contribution is 2.32. The van der Waals surface area contributed by atoms with E-state index < -0.39 is 0 Å². The average Bonchev–Trinajstić information content (AvgIpc) is 3.03. The first-order valence-corrected chi connectivity index (χ1v) is 7.74. The summed E-state index contributed by atoms with van der Waals surface area (Å²) in [6, 6.07) is 13.1. The van der Waals surface area contributed by atoms with E-state index in [0.717, 1.165) is 28.6 Å². The van der Waals surface area contributed by atoms with Gasteiger partial charge in [-0.05, 0) is 35.4 Å². The molecule has 0 amide bonds. The first-order chi connectivity index (χ1) is 11.7. The van der Waals surface area contributed by atoms with Crippen LogP contribution in [0.15, 0.2) is 47.5 Å². The van der Waals surface area contributed by atoms with Gasteiger partial charge in [0.25, 0.3) is 0 Å². The minimum atomic E-state index is 0.262. The first kappa shape index (κ1) is 16.0. The number of hydrogen-bond acceptors (Lipinski definition) is 4. The molecule has 1 aliphatic heterocycles. The van der Waals surface area contributed by atoms with Crippen LogP contribution in [0.4, 0.5) is 0 Å². The van der Waals surface area contributed by atoms with E-state index in [1.165, 1.54) is 0 Å². The third-order valence-corrected chi connectivity index (χ3v) is 3.79. The number of ether oxygens (including phenoxy) is 2. The topological polar surface area (TPSA) is 66.3 Å². The standard InChI is InChI=1S/C18H21N3O3/c1-19-18(20-10-13-4-3-5-15(22)8-13)21(2)11-14-6-7-16-17(9-14)24-12-23-16/h3-9,22H,10-12H2,1-2H3,(H,19,20). The van der Waals surface area contributed by atoms with Gasteiger partial charge in [-0.25, -0.2) is 0 Å². The van der Waals surface area contributed by atoms with Gasteiger partial charge < -0.3 is 24.8 Å². The number of fused-ring (bicyclic) bond motifs is 1. The van der Waals surface area contributed by atoms with Gasteiger partial charge >= 0.3 is 0 Å². The zero-order valence-electron chi connectivity index (χ0n) is 13.8. The predicted molar refractivity (Wildman–Crippen MR) is 92.3 cm³/mol. The smallest absolute Gasteiger partial charge is 0.231 e. The minimum Gasteiger partial charge on any atom is -0.508 e. The Morgan fingerprint density at radius 3 is 2.79 bits per heavy atom. The van der Waals surface area contributed by atoms with E-state index in [1.807, 2.05) is 42.3 Å². The molecule has 6 heteroatoms. The molecule has 0 radical (unpaired) electrons. The molecule has 2 aromatic rings. The van der Waals surface area contributed by atoms with Gasteiger partial charge in [-0.3, -0.25) is 4.99 Å². The number of nitrogens with one attached hydrogen (secondary N) is 1. The molecule has 0 aromatic heterocycles. The maximum Gasteiger partial charge on any atom is 0.231 e. The maximum absolute atomic E-state index is 9.53. The Hall–Kier alpha value is -2.89. The quantitative estimate of drug-likeness (QED) is 0.666. The molecule has 0 atom stereocenters. The van der Waals surface area contributed by atoms with Crippen LogP contribution in [0.5, 0.6) is 17.2 Å². The van der Waals surface area contributed by atoms with Crippen molar-refractivity contribution in [1.82, 2.24) is 10.2 Å². The molecule has 24 heavy (non-hydrogen) atoms. The highest BCUT2D eigenvalue weighted by atomic mass is 16.7. The van der Waals surface area contributed by atoms with E-state index in [-0.39, 0.29) is 12.5 Å². The van der Waals surface area contributed by atoms with Crippen LogP contribution in [0.1, 0.15) is 11.1 Å². The molecule has 1 aliphatic rings. The molecule has 1 heterocycles. The predicted octanol–water partition coefficient (Wildman–Crippen LogP) is 2.33. The molecule has 0 unspecified atom stereocenters. The van der Waals surface area contributed by atoms with Gasteiger partial charge in [0.1, 0.15) is 5.75 Å². The summed E-state index contributed by atoms with van der Waals surface area (Å²) in [6.45, 7) is 1.56. The van der Waals surface area contributed by atoms with E-state index in [2.05, 4.69) is 10.3 Å². The summed E-state index contributed by atoms with van der Waals surface area (Å²) < 4.78 is 10.7. The van der Waals surface area contributed by atoms with Gasteiger partial charge in [0.15, 0.2) is 17.5 Å². The van der Waals surface area contributed by atoms with E-state index in [0.29, 0.717) is 13.1 Å². The molecular weight excluding hydrogens is 306 g/mol. The SMILES string of the molecule is CN=C(NCc1cccc(O)c1)N(C)Cc1ccc2c(c1)OCO2. The third kappa shape index (κ3) is 3.71. The molecule has 0 fully saturated rings. The number of rotatable bonds is 4. The largest absolute Gasteiger partial charge is 0.508 e. The van der Waals surface area contributed by atoms with Gasteiger partial charge in [0, 0.05) is 27.2 Å². The molecule has 0 spiro atoms. The van der Waals surface area contributed by atoms with Gasteiger partial charge in [0.05, 0.1) is 0 Å². The monoisotopic (exact) mass is 327 g/mol. The number of phenols is 1. The van der Waals surface area contributed by atoms with Crippen LogP contribution in [-0.4, -0.2) is 36.9 Å². The molecule has 2 aromatic carbocycles. The van der Waals surface area contributed by atoms with Crippen molar-refractivity contribution in [3.05, 3.63) is 53.6 Å². The Morgan fingerprint density at radius 1 is 1.17 bits per heavy atom. The molecule has 126 valence electrons. The molecule has 6 nitrogen and oxygen atoms in total. The molecule has 0 bridgehead atoms. The summed E-state index contributed by atoms with van der Waals surface area (Å²) in [4.78, 5) is 6.34. The third-order valence-electron chi connectivity index (χ3n) is 3.79. The van der Waals surface area contributed by atoms with Crippen molar-refractivity contribution in [2.75, 3.05) is 20.9 Å². The summed E-state index contributed by atoms with van der Waals surface area (Å²) in [5.74, 6) is 2.60. The van der Waals surface area contributed by atoms with Crippen molar-refractivity contribution >= 4 is 5.96 Å². The number of nitrogens with zero attached hydrogens (tertiary/aromatic N) is 2. The molecule has 3 rings (SSSR count). The summed E-state index contributed by atoms with van der Waals surface area (Å²) in [5.41, 5.74) is 2.11. The Bertz CT molecular complexity index is 746. The van der Waals surface area contributed by atoms with Crippen LogP contribution < -0.4 is 14.8 Å². The van der Waals surface area contributed by atoms with E-state index in [1.54, 1.807) is 19.2 Å². The molecule has 0 aliphatic carbocycles. The Kier molecular flexibility index (Phi) is 4.74. The highest BCUT2D eigenvalue weighted by molar-refractivity contribution is 5.79. The lowest BCUT2D eigenvalue weighted by Crippen LogP contribution is -2.38. The Labute approximate surface area is 141 Å². The van der Waals surface area contributed by atoms with Gasteiger partial charge in [0.2, 0.25) is 6.79 Å². The van der Waals surface area contributed by atoms with Crippen LogP contribution >= 0.6 is 0 Å². The zero-order chi connectivity index (χ0) is 16.9. The number of phenolic OH excluding ortho intramolecular Hbond substituents is 1. The molecule has 0 saturated carbocycles. The summed E-state index contributed by atoms with van der Waals surface area (Å²) >= 11 is 0. The number of hydrogen-bond donors (Lipinski definition) is 2. The number of guanidine groups is 1. The lowest BCUT2D eigenvalue weighted by molar-refractivity contribution is 0.174. The van der Waals surface area contributed by atoms with Gasteiger partial charge in [-0.15, -0.1) is 0 Å². The fourth-order valence-electron chi connectivity index (χ4n) is 2.62. The first-order valence-electron chi connectivity index (χ1n) is 7.74. The van der Waals surface area contributed by atoms with E-state index in [9.17, 15) is 5.11 Å². The lowest BCUT2D eigenvalue weighted by Gasteiger charge is -2.22. The fourth-order valence-corrected chi connectivity index (χ4v) is 2.62. The van der Waals surface area contributed by atoms with Gasteiger partial charge in [-0.2, -0.15) is 0 Å². The van der Waals surface area contributed by atoms with Crippen molar-refractivity contribution in [2.45, 2.75) is 13.1 Å². The second-order valence-corrected chi connectivity index (χ2v) is 5.61. The maximum atomic E-state index is 9.53.